The first-order chi connectivity index (χ1) is 8.19. The van der Waals surface area contributed by atoms with E-state index in [1.54, 1.807) is 18.2 Å². The first-order valence-electron chi connectivity index (χ1n) is 4.97. The highest BCUT2D eigenvalue weighted by Crippen LogP contribution is 2.29. The predicted octanol–water partition coefficient (Wildman–Crippen LogP) is 5.68. The van der Waals surface area contributed by atoms with Crippen molar-refractivity contribution in [1.29, 1.82) is 0 Å². The first-order valence-corrected chi connectivity index (χ1v) is 6.84. The Bertz CT molecular complexity index is 511. The number of hydrogen-bond donors (Lipinski definition) is 0. The van der Waals surface area contributed by atoms with Crippen LogP contribution in [0.5, 0.6) is 11.5 Å². The second kappa shape index (κ2) is 5.76. The van der Waals surface area contributed by atoms with Gasteiger partial charge in [0.15, 0.2) is 0 Å². The van der Waals surface area contributed by atoms with Gasteiger partial charge in [-0.3, -0.25) is 0 Å². The van der Waals surface area contributed by atoms with Gasteiger partial charge in [-0.25, -0.2) is 0 Å². The molecule has 88 valence electrons. The molecule has 0 fully saturated rings. The van der Waals surface area contributed by atoms with Crippen LogP contribution in [0.1, 0.15) is 5.56 Å². The standard InChI is InChI=1S/C13H9BrCl2O/c14-8-9-1-3-10(4-2-9)17-11-5-6-12(15)13(16)7-11/h1-7H,8H2. The number of hydrogen-bond acceptors (Lipinski definition) is 1. The lowest BCUT2D eigenvalue weighted by molar-refractivity contribution is 0.482. The van der Waals surface area contributed by atoms with E-state index >= 15 is 0 Å². The van der Waals surface area contributed by atoms with E-state index in [4.69, 9.17) is 27.9 Å². The molecular formula is C13H9BrCl2O. The van der Waals surface area contributed by atoms with E-state index in [-0.39, 0.29) is 0 Å². The van der Waals surface area contributed by atoms with Gasteiger partial charge in [-0.2, -0.15) is 0 Å². The third-order valence-corrected chi connectivity index (χ3v) is 3.59. The molecule has 4 heteroatoms. The Morgan fingerprint density at radius 2 is 1.53 bits per heavy atom. The molecule has 0 aliphatic carbocycles. The molecule has 0 amide bonds. The van der Waals surface area contributed by atoms with Gasteiger partial charge in [0.1, 0.15) is 11.5 Å². The van der Waals surface area contributed by atoms with Crippen molar-refractivity contribution in [2.75, 3.05) is 0 Å². The minimum atomic E-state index is 0.487. The van der Waals surface area contributed by atoms with Crippen molar-refractivity contribution >= 4 is 39.1 Å². The van der Waals surface area contributed by atoms with Crippen LogP contribution in [-0.2, 0) is 5.33 Å². The Kier molecular flexibility index (Phi) is 4.32. The fourth-order valence-corrected chi connectivity index (χ4v) is 1.98. The van der Waals surface area contributed by atoms with Crippen LogP contribution in [0, 0.1) is 0 Å². The summed E-state index contributed by atoms with van der Waals surface area (Å²) >= 11 is 15.1. The summed E-state index contributed by atoms with van der Waals surface area (Å²) in [4.78, 5) is 0. The number of alkyl halides is 1. The zero-order valence-electron chi connectivity index (χ0n) is 8.79. The average molecular weight is 332 g/mol. The number of halogens is 3. The number of rotatable bonds is 3. The molecule has 0 aromatic heterocycles. The minimum Gasteiger partial charge on any atom is -0.457 e. The van der Waals surface area contributed by atoms with Crippen molar-refractivity contribution in [2.24, 2.45) is 0 Å². The molecule has 2 rings (SSSR count). The van der Waals surface area contributed by atoms with Gasteiger partial charge in [-0.15, -0.1) is 0 Å². The number of benzene rings is 2. The van der Waals surface area contributed by atoms with Crippen LogP contribution in [0.25, 0.3) is 0 Å². The molecule has 0 bridgehead atoms. The summed E-state index contributed by atoms with van der Waals surface area (Å²) in [5, 5.41) is 1.84. The van der Waals surface area contributed by atoms with Gasteiger partial charge in [-0.1, -0.05) is 51.3 Å². The van der Waals surface area contributed by atoms with E-state index in [1.165, 1.54) is 5.56 Å². The maximum atomic E-state index is 5.91. The fraction of sp³-hybridized carbons (Fsp3) is 0.0769. The molecule has 0 aliphatic rings. The van der Waals surface area contributed by atoms with Crippen molar-refractivity contribution in [2.45, 2.75) is 5.33 Å². The van der Waals surface area contributed by atoms with E-state index in [2.05, 4.69) is 15.9 Å². The predicted molar refractivity (Wildman–Crippen MR) is 75.6 cm³/mol. The summed E-state index contributed by atoms with van der Waals surface area (Å²) in [5.74, 6) is 1.44. The molecule has 0 unspecified atom stereocenters. The van der Waals surface area contributed by atoms with Crippen molar-refractivity contribution < 1.29 is 4.74 Å². The van der Waals surface area contributed by atoms with Crippen LogP contribution >= 0.6 is 39.1 Å². The normalized spacial score (nSPS) is 10.3. The van der Waals surface area contributed by atoms with E-state index in [9.17, 15) is 0 Å². The highest BCUT2D eigenvalue weighted by Gasteiger charge is 2.01. The topological polar surface area (TPSA) is 9.23 Å². The SMILES string of the molecule is Clc1ccc(Oc2ccc(CBr)cc2)cc1Cl. The van der Waals surface area contributed by atoms with Crippen LogP contribution < -0.4 is 4.74 Å². The summed E-state index contributed by atoms with van der Waals surface area (Å²) in [5.41, 5.74) is 1.20. The van der Waals surface area contributed by atoms with Crippen molar-refractivity contribution in [3.8, 4) is 11.5 Å². The Hall–Kier alpha value is -0.700. The highest BCUT2D eigenvalue weighted by molar-refractivity contribution is 9.08. The summed E-state index contributed by atoms with van der Waals surface area (Å²) in [6.45, 7) is 0. The van der Waals surface area contributed by atoms with Gasteiger partial charge in [0, 0.05) is 11.4 Å². The van der Waals surface area contributed by atoms with Crippen LogP contribution in [-0.4, -0.2) is 0 Å². The van der Waals surface area contributed by atoms with E-state index < -0.39 is 0 Å². The van der Waals surface area contributed by atoms with Gasteiger partial charge in [0.2, 0.25) is 0 Å². The van der Waals surface area contributed by atoms with Gasteiger partial charge in [0.25, 0.3) is 0 Å². The molecule has 0 saturated carbocycles. The largest absolute Gasteiger partial charge is 0.457 e. The van der Waals surface area contributed by atoms with Crippen LogP contribution in [0.3, 0.4) is 0 Å². The summed E-state index contributed by atoms with van der Waals surface area (Å²) in [6, 6.07) is 13.0. The maximum absolute atomic E-state index is 5.91. The molecule has 1 nitrogen and oxygen atoms in total. The molecule has 0 aliphatic heterocycles. The molecule has 2 aromatic rings. The maximum Gasteiger partial charge on any atom is 0.129 e. The Labute approximate surface area is 118 Å². The molecule has 0 radical (unpaired) electrons. The molecule has 17 heavy (non-hydrogen) atoms. The average Bonchev–Trinajstić information content (AvgIpc) is 2.35. The lowest BCUT2D eigenvalue weighted by Gasteiger charge is -2.07. The molecular weight excluding hydrogens is 323 g/mol. The van der Waals surface area contributed by atoms with Crippen LogP contribution in [0.4, 0.5) is 0 Å². The zero-order valence-corrected chi connectivity index (χ0v) is 11.9. The highest BCUT2D eigenvalue weighted by atomic mass is 79.9. The lowest BCUT2D eigenvalue weighted by atomic mass is 10.2. The van der Waals surface area contributed by atoms with E-state index in [1.807, 2.05) is 24.3 Å². The second-order valence-corrected chi connectivity index (χ2v) is 4.83. The molecule has 0 atom stereocenters. The van der Waals surface area contributed by atoms with Crippen molar-refractivity contribution in [3.63, 3.8) is 0 Å². The summed E-state index contributed by atoms with van der Waals surface area (Å²) < 4.78 is 5.66. The molecule has 0 spiro atoms. The Balaban J connectivity index is 2.16. The van der Waals surface area contributed by atoms with Gasteiger partial charge >= 0.3 is 0 Å². The Morgan fingerprint density at radius 3 is 2.12 bits per heavy atom. The van der Waals surface area contributed by atoms with Gasteiger partial charge < -0.3 is 4.74 Å². The van der Waals surface area contributed by atoms with E-state index in [0.717, 1.165) is 11.1 Å². The third kappa shape index (κ3) is 3.38. The Morgan fingerprint density at radius 1 is 0.882 bits per heavy atom. The van der Waals surface area contributed by atoms with E-state index in [0.29, 0.717) is 15.8 Å². The summed E-state index contributed by atoms with van der Waals surface area (Å²) in [7, 11) is 0. The van der Waals surface area contributed by atoms with Crippen LogP contribution in [0.2, 0.25) is 10.0 Å². The molecule has 0 saturated heterocycles. The molecule has 0 N–H and O–H groups in total. The monoisotopic (exact) mass is 330 g/mol. The molecule has 2 aromatic carbocycles. The third-order valence-electron chi connectivity index (χ3n) is 2.20. The second-order valence-electron chi connectivity index (χ2n) is 3.46. The van der Waals surface area contributed by atoms with Crippen molar-refractivity contribution in [1.82, 2.24) is 0 Å². The zero-order chi connectivity index (χ0) is 12.3. The fourth-order valence-electron chi connectivity index (χ4n) is 1.32. The quantitative estimate of drug-likeness (QED) is 0.657. The number of ether oxygens (including phenoxy) is 1. The van der Waals surface area contributed by atoms with Crippen molar-refractivity contribution in [3.05, 3.63) is 58.1 Å². The van der Waals surface area contributed by atoms with Crippen LogP contribution in [0.15, 0.2) is 42.5 Å². The van der Waals surface area contributed by atoms with Gasteiger partial charge in [0.05, 0.1) is 10.0 Å². The summed E-state index contributed by atoms with van der Waals surface area (Å²) in [6.07, 6.45) is 0. The van der Waals surface area contributed by atoms with Gasteiger partial charge in [-0.05, 0) is 29.8 Å². The minimum absolute atomic E-state index is 0.487. The molecule has 0 heterocycles. The lowest BCUT2D eigenvalue weighted by Crippen LogP contribution is -1.85. The first kappa shape index (κ1) is 12.7. The smallest absolute Gasteiger partial charge is 0.129 e.